The Bertz CT molecular complexity index is 486. The minimum Gasteiger partial charge on any atom is -0.198 e. The second-order valence-corrected chi connectivity index (χ2v) is 7.47. The fourth-order valence-electron chi connectivity index (χ4n) is 3.97. The lowest BCUT2D eigenvalue weighted by Crippen LogP contribution is -2.25. The van der Waals surface area contributed by atoms with Gasteiger partial charge in [0.25, 0.3) is 0 Å². The molecule has 0 N–H and O–H groups in total. The molecular weight excluding hydrogens is 278 g/mol. The molecule has 1 aliphatic rings. The van der Waals surface area contributed by atoms with Crippen molar-refractivity contribution in [1.82, 2.24) is 0 Å². The number of rotatable bonds is 8. The van der Waals surface area contributed by atoms with Gasteiger partial charge in [0.15, 0.2) is 0 Å². The van der Waals surface area contributed by atoms with Crippen LogP contribution in [0.25, 0.3) is 0 Å². The number of hydrogen-bond donors (Lipinski definition) is 0. The number of benzene rings is 1. The first-order valence-corrected chi connectivity index (χ1v) is 9.73. The quantitative estimate of drug-likeness (QED) is 0.485. The zero-order valence-corrected chi connectivity index (χ0v) is 15.1. The van der Waals surface area contributed by atoms with Gasteiger partial charge in [0.05, 0.1) is 11.5 Å². The molecule has 1 aromatic carbocycles. The molecule has 0 spiro atoms. The Hall–Kier alpha value is -1.29. The van der Waals surface area contributed by atoms with Gasteiger partial charge in [0.2, 0.25) is 0 Å². The van der Waals surface area contributed by atoms with Crippen LogP contribution in [-0.2, 0) is 6.42 Å². The molecule has 0 atom stereocenters. The van der Waals surface area contributed by atoms with Crippen LogP contribution in [0.4, 0.5) is 0 Å². The maximum absolute atomic E-state index is 9.67. The lowest BCUT2D eigenvalue weighted by molar-refractivity contribution is 0.223. The largest absolute Gasteiger partial charge is 0.198 e. The minimum atomic E-state index is -0.0211. The van der Waals surface area contributed by atoms with Crippen molar-refractivity contribution in [2.75, 3.05) is 0 Å². The summed E-state index contributed by atoms with van der Waals surface area (Å²) in [5.41, 5.74) is 2.94. The van der Waals surface area contributed by atoms with Crippen molar-refractivity contribution in [3.8, 4) is 6.07 Å². The maximum Gasteiger partial charge on any atom is 0.0689 e. The van der Waals surface area contributed by atoms with Gasteiger partial charge in [-0.1, -0.05) is 63.8 Å². The molecule has 0 aliphatic heterocycles. The van der Waals surface area contributed by atoms with E-state index in [1.807, 2.05) is 0 Å². The Balaban J connectivity index is 1.89. The second-order valence-electron chi connectivity index (χ2n) is 7.47. The standard InChI is InChI=1S/C22H33N/c1-3-5-7-15-22(18-23)16-13-21(14-17-22)20-11-9-19(10-12-20)8-6-4-2/h9-12,21H,3-8,13-17H2,1-2H3/t21-,22-. The van der Waals surface area contributed by atoms with Gasteiger partial charge in [0, 0.05) is 0 Å². The molecule has 1 aromatic rings. The molecule has 1 aliphatic carbocycles. The normalized spacial score (nSPS) is 24.3. The fourth-order valence-corrected chi connectivity index (χ4v) is 3.97. The Labute approximate surface area is 143 Å². The summed E-state index contributed by atoms with van der Waals surface area (Å²) in [6, 6.07) is 12.0. The summed E-state index contributed by atoms with van der Waals surface area (Å²) in [7, 11) is 0. The molecule has 126 valence electrons. The summed E-state index contributed by atoms with van der Waals surface area (Å²) < 4.78 is 0. The molecule has 1 nitrogen and oxygen atoms in total. The highest BCUT2D eigenvalue weighted by Gasteiger charge is 2.35. The van der Waals surface area contributed by atoms with Crippen molar-refractivity contribution in [3.63, 3.8) is 0 Å². The molecule has 0 bridgehead atoms. The molecule has 23 heavy (non-hydrogen) atoms. The lowest BCUT2D eigenvalue weighted by Gasteiger charge is -2.35. The van der Waals surface area contributed by atoms with Crippen molar-refractivity contribution < 1.29 is 0 Å². The van der Waals surface area contributed by atoms with Crippen LogP contribution >= 0.6 is 0 Å². The van der Waals surface area contributed by atoms with Gasteiger partial charge in [0.1, 0.15) is 0 Å². The van der Waals surface area contributed by atoms with E-state index in [0.717, 1.165) is 19.3 Å². The summed E-state index contributed by atoms with van der Waals surface area (Å²) >= 11 is 0. The van der Waals surface area contributed by atoms with E-state index in [9.17, 15) is 5.26 Å². The molecule has 0 heterocycles. The predicted molar refractivity (Wildman–Crippen MR) is 98.5 cm³/mol. The predicted octanol–water partition coefficient (Wildman–Crippen LogP) is 6.78. The first-order valence-electron chi connectivity index (χ1n) is 9.73. The van der Waals surface area contributed by atoms with Gasteiger partial charge in [-0.15, -0.1) is 0 Å². The highest BCUT2D eigenvalue weighted by molar-refractivity contribution is 5.26. The molecule has 0 aromatic heterocycles. The monoisotopic (exact) mass is 311 g/mol. The van der Waals surface area contributed by atoms with Gasteiger partial charge in [-0.2, -0.15) is 5.26 Å². The molecular formula is C22H33N. The van der Waals surface area contributed by atoms with Crippen molar-refractivity contribution in [3.05, 3.63) is 35.4 Å². The van der Waals surface area contributed by atoms with E-state index in [0.29, 0.717) is 5.92 Å². The van der Waals surface area contributed by atoms with Gasteiger partial charge in [-0.05, 0) is 62.0 Å². The highest BCUT2D eigenvalue weighted by atomic mass is 14.4. The first kappa shape index (κ1) is 18.1. The zero-order chi connectivity index (χ0) is 16.5. The molecule has 2 rings (SSSR count). The van der Waals surface area contributed by atoms with Gasteiger partial charge < -0.3 is 0 Å². The number of unbranched alkanes of at least 4 members (excludes halogenated alkanes) is 3. The Kier molecular flexibility index (Phi) is 7.15. The van der Waals surface area contributed by atoms with E-state index in [1.54, 1.807) is 0 Å². The molecule has 1 fully saturated rings. The van der Waals surface area contributed by atoms with Gasteiger partial charge >= 0.3 is 0 Å². The molecule has 0 unspecified atom stereocenters. The lowest BCUT2D eigenvalue weighted by atomic mass is 9.67. The van der Waals surface area contributed by atoms with Gasteiger partial charge in [-0.3, -0.25) is 0 Å². The summed E-state index contributed by atoms with van der Waals surface area (Å²) in [5, 5.41) is 9.67. The average Bonchev–Trinajstić information content (AvgIpc) is 2.61. The minimum absolute atomic E-state index is 0.0211. The molecule has 1 heteroatoms. The van der Waals surface area contributed by atoms with Crippen LogP contribution in [0.3, 0.4) is 0 Å². The number of aryl methyl sites for hydroxylation is 1. The average molecular weight is 312 g/mol. The third-order valence-electron chi connectivity index (χ3n) is 5.71. The number of hydrogen-bond acceptors (Lipinski definition) is 1. The van der Waals surface area contributed by atoms with Crippen molar-refractivity contribution in [2.45, 2.75) is 90.4 Å². The van der Waals surface area contributed by atoms with Crippen LogP contribution in [0.5, 0.6) is 0 Å². The maximum atomic E-state index is 9.67. The van der Waals surface area contributed by atoms with Crippen molar-refractivity contribution in [2.24, 2.45) is 5.41 Å². The van der Waals surface area contributed by atoms with E-state index in [4.69, 9.17) is 0 Å². The SMILES string of the molecule is CCCCC[C@]1(C#N)CC[C@H](c2ccc(CCCC)cc2)CC1. The Morgan fingerprint density at radius 3 is 2.22 bits per heavy atom. The smallest absolute Gasteiger partial charge is 0.0689 e. The van der Waals surface area contributed by atoms with E-state index in [2.05, 4.69) is 44.2 Å². The topological polar surface area (TPSA) is 23.8 Å². The summed E-state index contributed by atoms with van der Waals surface area (Å²) in [4.78, 5) is 0. The van der Waals surface area contributed by atoms with Gasteiger partial charge in [-0.25, -0.2) is 0 Å². The molecule has 0 radical (unpaired) electrons. The molecule has 0 saturated heterocycles. The summed E-state index contributed by atoms with van der Waals surface area (Å²) in [5.74, 6) is 0.669. The molecule has 1 saturated carbocycles. The second kappa shape index (κ2) is 9.11. The highest BCUT2D eigenvalue weighted by Crippen LogP contribution is 2.45. The van der Waals surface area contributed by atoms with E-state index < -0.39 is 0 Å². The summed E-state index contributed by atoms with van der Waals surface area (Å²) in [6.45, 7) is 4.48. The van der Waals surface area contributed by atoms with Crippen LogP contribution in [0.2, 0.25) is 0 Å². The van der Waals surface area contributed by atoms with Crippen LogP contribution in [-0.4, -0.2) is 0 Å². The third-order valence-corrected chi connectivity index (χ3v) is 5.71. The van der Waals surface area contributed by atoms with Crippen LogP contribution < -0.4 is 0 Å². The first-order chi connectivity index (χ1) is 11.2. The zero-order valence-electron chi connectivity index (χ0n) is 15.1. The van der Waals surface area contributed by atoms with E-state index in [-0.39, 0.29) is 5.41 Å². The van der Waals surface area contributed by atoms with E-state index in [1.165, 1.54) is 62.5 Å². The fraction of sp³-hybridized carbons (Fsp3) is 0.682. The van der Waals surface area contributed by atoms with E-state index >= 15 is 0 Å². The summed E-state index contributed by atoms with van der Waals surface area (Å²) in [6.07, 6.45) is 13.2. The van der Waals surface area contributed by atoms with Crippen LogP contribution in [0, 0.1) is 16.7 Å². The molecule has 0 amide bonds. The van der Waals surface area contributed by atoms with Crippen LogP contribution in [0.15, 0.2) is 24.3 Å². The Morgan fingerprint density at radius 2 is 1.65 bits per heavy atom. The Morgan fingerprint density at radius 1 is 1.00 bits per heavy atom. The third kappa shape index (κ3) is 5.10. The number of nitrogens with zero attached hydrogens (tertiary/aromatic N) is 1. The number of nitriles is 1. The van der Waals surface area contributed by atoms with Crippen LogP contribution in [0.1, 0.15) is 95.1 Å². The van der Waals surface area contributed by atoms with Crippen molar-refractivity contribution >= 4 is 0 Å². The van der Waals surface area contributed by atoms with Crippen molar-refractivity contribution in [1.29, 1.82) is 5.26 Å².